The molecule has 6 heterocycles. The smallest absolute Gasteiger partial charge is 0.335 e. The van der Waals surface area contributed by atoms with Crippen LogP contribution in [0.1, 0.15) is 72.2 Å². The van der Waals surface area contributed by atoms with Crippen molar-refractivity contribution in [2.24, 2.45) is 0 Å². The molecule has 42 heavy (non-hydrogen) atoms. The molecule has 11 nitrogen and oxygen atoms in total. The van der Waals surface area contributed by atoms with Crippen molar-refractivity contribution in [3.63, 3.8) is 0 Å². The van der Waals surface area contributed by atoms with E-state index in [1.807, 2.05) is 41.6 Å². The second-order valence-electron chi connectivity index (χ2n) is 11.6. The van der Waals surface area contributed by atoms with Crippen LogP contribution in [-0.4, -0.2) is 64.8 Å². The number of rotatable bonds is 6. The number of carbonyl (C=O) groups excluding carboxylic acids is 1. The summed E-state index contributed by atoms with van der Waals surface area (Å²) in [6.07, 6.45) is 9.56. The lowest BCUT2D eigenvalue weighted by Crippen LogP contribution is -2.46. The number of ether oxygens (including phenoxy) is 1. The van der Waals surface area contributed by atoms with Gasteiger partial charge in [-0.25, -0.2) is 4.98 Å². The van der Waals surface area contributed by atoms with Crippen LogP contribution in [0.3, 0.4) is 0 Å². The Hall–Kier alpha value is -4.80. The number of pyridine rings is 1. The summed E-state index contributed by atoms with van der Waals surface area (Å²) < 4.78 is 6.86. The molecule has 1 unspecified atom stereocenters. The fourth-order valence-electron chi connectivity index (χ4n) is 6.97. The highest BCUT2D eigenvalue weighted by molar-refractivity contribution is 5.91. The van der Waals surface area contributed by atoms with Gasteiger partial charge in [0.25, 0.3) is 5.91 Å². The van der Waals surface area contributed by atoms with Gasteiger partial charge < -0.3 is 15.4 Å². The Morgan fingerprint density at radius 1 is 0.952 bits per heavy atom. The third kappa shape index (κ3) is 4.02. The molecule has 8 rings (SSSR count). The Bertz CT molecular complexity index is 1780. The van der Waals surface area contributed by atoms with Crippen molar-refractivity contribution < 1.29 is 9.53 Å². The number of hydrogen-bond donors (Lipinski definition) is 2. The second-order valence-corrected chi connectivity index (χ2v) is 11.6. The Kier molecular flexibility index (Phi) is 5.73. The number of piperidine rings is 1. The van der Waals surface area contributed by atoms with Gasteiger partial charge in [-0.15, -0.1) is 5.10 Å². The van der Waals surface area contributed by atoms with Crippen LogP contribution in [0.15, 0.2) is 54.9 Å². The van der Waals surface area contributed by atoms with Crippen molar-refractivity contribution in [3.05, 3.63) is 71.9 Å². The SMILES string of the molecule is COc1n[nH]c(C(=O)N2[C@@H]3CC[C@H]2CC(c2nc4c(-c5ccc(-c6ccccc6)nc5)cnn4c(N)c2C2CC2)C3)n1. The van der Waals surface area contributed by atoms with Crippen molar-refractivity contribution in [2.45, 2.75) is 62.4 Å². The number of aromatic nitrogens is 7. The van der Waals surface area contributed by atoms with E-state index in [-0.39, 0.29) is 35.7 Å². The van der Waals surface area contributed by atoms with Gasteiger partial charge in [0, 0.05) is 46.5 Å². The number of nitrogens with two attached hydrogens (primary N) is 1. The first kappa shape index (κ1) is 25.0. The summed E-state index contributed by atoms with van der Waals surface area (Å²) in [5.74, 6) is 1.40. The van der Waals surface area contributed by atoms with Crippen LogP contribution >= 0.6 is 0 Å². The lowest BCUT2D eigenvalue weighted by atomic mass is 9.85. The summed E-state index contributed by atoms with van der Waals surface area (Å²) >= 11 is 0. The van der Waals surface area contributed by atoms with Crippen molar-refractivity contribution in [2.75, 3.05) is 12.8 Å². The van der Waals surface area contributed by atoms with Crippen LogP contribution in [-0.2, 0) is 0 Å². The number of amides is 1. The Balaban J connectivity index is 1.14. The van der Waals surface area contributed by atoms with E-state index < -0.39 is 0 Å². The lowest BCUT2D eigenvalue weighted by Gasteiger charge is -2.39. The fraction of sp³-hybridized carbons (Fsp3) is 0.355. The molecule has 11 heteroatoms. The molecule has 4 aromatic heterocycles. The average Bonchev–Trinajstić information content (AvgIpc) is 3.47. The van der Waals surface area contributed by atoms with E-state index in [1.54, 1.807) is 4.52 Å². The van der Waals surface area contributed by atoms with Gasteiger partial charge in [-0.1, -0.05) is 36.4 Å². The summed E-state index contributed by atoms with van der Waals surface area (Å²) in [5, 5.41) is 11.4. The molecule has 3 fully saturated rings. The predicted molar refractivity (Wildman–Crippen MR) is 156 cm³/mol. The summed E-state index contributed by atoms with van der Waals surface area (Å²) in [4.78, 5) is 29.7. The number of nitrogens with zero attached hydrogens (tertiary/aromatic N) is 7. The summed E-state index contributed by atoms with van der Waals surface area (Å²) in [7, 11) is 1.49. The third-order valence-electron chi connectivity index (χ3n) is 9.08. The van der Waals surface area contributed by atoms with Crippen molar-refractivity contribution in [3.8, 4) is 28.4 Å². The Morgan fingerprint density at radius 3 is 2.40 bits per heavy atom. The van der Waals surface area contributed by atoms with Crippen molar-refractivity contribution in [1.29, 1.82) is 0 Å². The molecule has 0 radical (unpaired) electrons. The Labute approximate surface area is 242 Å². The molecule has 212 valence electrons. The lowest BCUT2D eigenvalue weighted by molar-refractivity contribution is 0.0556. The quantitative estimate of drug-likeness (QED) is 0.307. The maximum absolute atomic E-state index is 13.4. The molecule has 2 aliphatic heterocycles. The predicted octanol–water partition coefficient (Wildman–Crippen LogP) is 4.60. The minimum absolute atomic E-state index is 0.114. The van der Waals surface area contributed by atoms with Gasteiger partial charge in [-0.2, -0.15) is 14.6 Å². The molecule has 0 spiro atoms. The van der Waals surface area contributed by atoms with E-state index in [9.17, 15) is 4.79 Å². The molecule has 2 bridgehead atoms. The molecule has 3 N–H and O–H groups in total. The molecule has 1 saturated carbocycles. The number of benzene rings is 1. The summed E-state index contributed by atoms with van der Waals surface area (Å²) in [5.41, 5.74) is 13.7. The van der Waals surface area contributed by atoms with Gasteiger partial charge in [0.2, 0.25) is 5.82 Å². The molecule has 1 aliphatic carbocycles. The average molecular weight is 562 g/mol. The molecule has 3 aliphatic rings. The molecule has 1 aromatic carbocycles. The second kappa shape index (κ2) is 9.64. The van der Waals surface area contributed by atoms with Crippen LogP contribution in [0.2, 0.25) is 0 Å². The van der Waals surface area contributed by atoms with E-state index in [4.69, 9.17) is 20.4 Å². The molecule has 1 amide bonds. The third-order valence-corrected chi connectivity index (χ3v) is 9.08. The number of fused-ring (bicyclic) bond motifs is 3. The number of anilines is 1. The van der Waals surface area contributed by atoms with Crippen molar-refractivity contribution in [1.82, 2.24) is 39.7 Å². The zero-order chi connectivity index (χ0) is 28.4. The first-order valence-corrected chi connectivity index (χ1v) is 14.6. The van der Waals surface area contributed by atoms with Gasteiger partial charge in [0.05, 0.1) is 24.7 Å². The van der Waals surface area contributed by atoms with Crippen LogP contribution in [0.25, 0.3) is 28.0 Å². The van der Waals surface area contributed by atoms with E-state index in [1.165, 1.54) is 7.11 Å². The van der Waals surface area contributed by atoms with Gasteiger partial charge in [0.15, 0.2) is 5.65 Å². The molecular formula is C31H31N9O2. The first-order chi connectivity index (χ1) is 20.6. The highest BCUT2D eigenvalue weighted by Crippen LogP contribution is 2.50. The van der Waals surface area contributed by atoms with E-state index in [0.29, 0.717) is 11.7 Å². The Morgan fingerprint density at radius 2 is 1.74 bits per heavy atom. The van der Waals surface area contributed by atoms with Gasteiger partial charge >= 0.3 is 6.01 Å². The maximum atomic E-state index is 13.4. The molecular weight excluding hydrogens is 530 g/mol. The number of nitrogens with one attached hydrogen (secondary N) is 1. The number of methoxy groups -OCH3 is 1. The van der Waals surface area contributed by atoms with Crippen LogP contribution in [0.4, 0.5) is 5.82 Å². The number of nitrogen functional groups attached to an aromatic ring is 1. The summed E-state index contributed by atoms with van der Waals surface area (Å²) in [6.45, 7) is 0. The number of hydrogen-bond acceptors (Lipinski definition) is 8. The highest BCUT2D eigenvalue weighted by atomic mass is 16.5. The van der Waals surface area contributed by atoms with Gasteiger partial charge in [-0.05, 0) is 50.5 Å². The van der Waals surface area contributed by atoms with E-state index >= 15 is 0 Å². The topological polar surface area (TPSA) is 140 Å². The van der Waals surface area contributed by atoms with Crippen molar-refractivity contribution >= 4 is 17.4 Å². The first-order valence-electron chi connectivity index (χ1n) is 14.6. The van der Waals surface area contributed by atoms with Crippen LogP contribution in [0, 0.1) is 0 Å². The fourth-order valence-corrected chi connectivity index (χ4v) is 6.97. The van der Waals surface area contributed by atoms with Crippen LogP contribution in [0.5, 0.6) is 6.01 Å². The zero-order valence-corrected chi connectivity index (χ0v) is 23.3. The molecule has 3 atom stereocenters. The zero-order valence-electron chi connectivity index (χ0n) is 23.3. The molecule has 2 saturated heterocycles. The maximum Gasteiger partial charge on any atom is 0.335 e. The van der Waals surface area contributed by atoms with E-state index in [0.717, 1.165) is 77.8 Å². The number of carbonyl (C=O) groups is 1. The molecule has 5 aromatic rings. The minimum Gasteiger partial charge on any atom is -0.466 e. The number of H-pyrrole nitrogens is 1. The van der Waals surface area contributed by atoms with E-state index in [2.05, 4.69) is 38.5 Å². The summed E-state index contributed by atoms with van der Waals surface area (Å²) in [6, 6.07) is 14.6. The van der Waals surface area contributed by atoms with Crippen LogP contribution < -0.4 is 10.5 Å². The number of aromatic amines is 1. The normalized spacial score (nSPS) is 21.6. The highest BCUT2D eigenvalue weighted by Gasteiger charge is 2.46. The largest absolute Gasteiger partial charge is 0.466 e. The van der Waals surface area contributed by atoms with Gasteiger partial charge in [0.1, 0.15) is 5.82 Å². The monoisotopic (exact) mass is 561 g/mol. The standard InChI is InChI=1S/C31H31N9O2/c1-42-31-36-28(37-38-31)30(41)39-21-10-11-22(39)14-20(13-21)26-25(18-7-8-18)27(32)40-29(35-26)23(16-34-40)19-9-12-24(33-15-19)17-5-3-2-4-6-17/h2-6,9,12,15-16,18,20-22H,7-8,10-11,13-14,32H2,1H3,(H,36,37,38)/t20?,21-,22+. The van der Waals surface area contributed by atoms with Gasteiger partial charge in [-0.3, -0.25) is 14.9 Å². The minimum atomic E-state index is -0.119.